The fraction of sp³-hybridized carbons (Fsp3) is 0.200. The van der Waals surface area contributed by atoms with E-state index in [1.165, 1.54) is 12.1 Å². The number of hydrogen-bond donors (Lipinski definition) is 1. The molecule has 0 fully saturated rings. The smallest absolute Gasteiger partial charge is 0.315 e. The van der Waals surface area contributed by atoms with Crippen LogP contribution >= 0.6 is 0 Å². The van der Waals surface area contributed by atoms with Crippen molar-refractivity contribution in [2.75, 3.05) is 24.3 Å². The maximum absolute atomic E-state index is 13.2. The number of halogens is 1. The van der Waals surface area contributed by atoms with Gasteiger partial charge in [-0.05, 0) is 29.8 Å². The molecule has 2 rings (SSSR count). The van der Waals surface area contributed by atoms with Gasteiger partial charge >= 0.3 is 5.69 Å². The Morgan fingerprint density at radius 2 is 2.00 bits per heavy atom. The number of nitro groups is 1. The molecule has 0 saturated heterocycles. The predicted octanol–water partition coefficient (Wildman–Crippen LogP) is 3.41. The third kappa shape index (κ3) is 3.28. The van der Waals surface area contributed by atoms with E-state index in [2.05, 4.69) is 5.32 Å². The first-order chi connectivity index (χ1) is 10.0. The number of benzene rings is 2. The van der Waals surface area contributed by atoms with Crippen molar-refractivity contribution in [2.45, 2.75) is 6.54 Å². The van der Waals surface area contributed by atoms with Crippen molar-refractivity contribution in [2.24, 2.45) is 0 Å². The number of nitrogens with zero attached hydrogens (tertiary/aromatic N) is 2. The van der Waals surface area contributed by atoms with Gasteiger partial charge in [-0.1, -0.05) is 18.2 Å². The van der Waals surface area contributed by atoms with Crippen molar-refractivity contribution < 1.29 is 9.31 Å². The van der Waals surface area contributed by atoms with Crippen LogP contribution < -0.4 is 10.2 Å². The van der Waals surface area contributed by atoms with Crippen LogP contribution in [0.3, 0.4) is 0 Å². The molecular weight excluding hydrogens is 273 g/mol. The molecule has 0 aliphatic heterocycles. The zero-order chi connectivity index (χ0) is 15.4. The number of rotatable bonds is 5. The minimum absolute atomic E-state index is 0.0129. The molecule has 0 heterocycles. The molecule has 0 aliphatic carbocycles. The second-order valence-electron chi connectivity index (χ2n) is 4.67. The number of nitrogens with one attached hydrogen (secondary N) is 1. The first kappa shape index (κ1) is 14.8. The van der Waals surface area contributed by atoms with E-state index < -0.39 is 4.92 Å². The van der Waals surface area contributed by atoms with Crippen LogP contribution in [0.5, 0.6) is 0 Å². The van der Waals surface area contributed by atoms with Gasteiger partial charge in [0.2, 0.25) is 0 Å². The van der Waals surface area contributed by atoms with E-state index in [4.69, 9.17) is 0 Å². The summed E-state index contributed by atoms with van der Waals surface area (Å²) in [5.41, 5.74) is 1.69. The minimum atomic E-state index is -0.413. The highest BCUT2D eigenvalue weighted by Crippen LogP contribution is 2.35. The molecule has 1 N–H and O–H groups in total. The average molecular weight is 289 g/mol. The molecule has 21 heavy (non-hydrogen) atoms. The minimum Gasteiger partial charge on any atom is -0.382 e. The highest BCUT2D eigenvalue weighted by molar-refractivity contribution is 5.76. The van der Waals surface area contributed by atoms with Crippen LogP contribution in [0.2, 0.25) is 0 Å². The Balaban J connectivity index is 2.35. The summed E-state index contributed by atoms with van der Waals surface area (Å²) in [7, 11) is 3.38. The Labute approximate surface area is 122 Å². The second kappa shape index (κ2) is 6.21. The van der Waals surface area contributed by atoms with E-state index >= 15 is 0 Å². The summed E-state index contributed by atoms with van der Waals surface area (Å²) in [6, 6.07) is 11.3. The molecule has 0 bridgehead atoms. The lowest BCUT2D eigenvalue weighted by molar-refractivity contribution is -0.383. The van der Waals surface area contributed by atoms with E-state index in [9.17, 15) is 14.5 Å². The van der Waals surface area contributed by atoms with E-state index in [1.54, 1.807) is 49.3 Å². The monoisotopic (exact) mass is 289 g/mol. The van der Waals surface area contributed by atoms with Gasteiger partial charge in [0.1, 0.15) is 17.2 Å². The van der Waals surface area contributed by atoms with E-state index in [1.807, 2.05) is 0 Å². The maximum atomic E-state index is 13.2. The van der Waals surface area contributed by atoms with Gasteiger partial charge in [-0.15, -0.1) is 0 Å². The lowest BCUT2D eigenvalue weighted by Gasteiger charge is -2.20. The molecule has 6 heteroatoms. The normalized spacial score (nSPS) is 10.2. The topological polar surface area (TPSA) is 58.4 Å². The highest BCUT2D eigenvalue weighted by atomic mass is 19.1. The Hall–Kier alpha value is -2.63. The molecule has 0 atom stereocenters. The molecule has 2 aromatic rings. The summed E-state index contributed by atoms with van der Waals surface area (Å²) in [6.07, 6.45) is 0. The number of para-hydroxylation sites is 1. The fourth-order valence-electron chi connectivity index (χ4n) is 2.23. The van der Waals surface area contributed by atoms with Gasteiger partial charge in [0, 0.05) is 20.6 Å². The Bertz CT molecular complexity index is 661. The van der Waals surface area contributed by atoms with Gasteiger partial charge in [-0.25, -0.2) is 4.39 Å². The summed E-state index contributed by atoms with van der Waals surface area (Å²) in [4.78, 5) is 12.6. The van der Waals surface area contributed by atoms with Gasteiger partial charge in [0.25, 0.3) is 0 Å². The predicted molar refractivity (Wildman–Crippen MR) is 81.2 cm³/mol. The Morgan fingerprint density at radius 3 is 2.62 bits per heavy atom. The van der Waals surface area contributed by atoms with Crippen LogP contribution in [-0.4, -0.2) is 19.0 Å². The molecule has 0 aromatic heterocycles. The Kier molecular flexibility index (Phi) is 4.37. The standard InChI is InChI=1S/C15H16FN3O2/c1-17-13-7-4-8-14(15(13)19(20)21)18(2)10-11-5-3-6-12(16)9-11/h3-9,17H,10H2,1-2H3. The third-order valence-corrected chi connectivity index (χ3v) is 3.19. The summed E-state index contributed by atoms with van der Waals surface area (Å²) in [6.45, 7) is 0.381. The summed E-state index contributed by atoms with van der Waals surface area (Å²) in [5.74, 6) is -0.320. The lowest BCUT2D eigenvalue weighted by atomic mass is 10.1. The van der Waals surface area contributed by atoms with Crippen molar-refractivity contribution in [3.05, 3.63) is 64.0 Å². The van der Waals surface area contributed by atoms with E-state index in [0.29, 0.717) is 17.9 Å². The van der Waals surface area contributed by atoms with Crippen LogP contribution in [-0.2, 0) is 6.54 Å². The zero-order valence-corrected chi connectivity index (χ0v) is 11.8. The number of nitro benzene ring substituents is 1. The van der Waals surface area contributed by atoms with Crippen LogP contribution in [0, 0.1) is 15.9 Å². The van der Waals surface area contributed by atoms with Crippen molar-refractivity contribution in [1.29, 1.82) is 0 Å². The molecule has 5 nitrogen and oxygen atoms in total. The molecule has 0 saturated carbocycles. The zero-order valence-electron chi connectivity index (χ0n) is 11.8. The van der Waals surface area contributed by atoms with Gasteiger partial charge in [0.15, 0.2) is 0 Å². The van der Waals surface area contributed by atoms with E-state index in [0.717, 1.165) is 5.56 Å². The quantitative estimate of drug-likeness (QED) is 0.677. The van der Waals surface area contributed by atoms with Gasteiger partial charge in [-0.2, -0.15) is 0 Å². The van der Waals surface area contributed by atoms with Crippen LogP contribution in [0.1, 0.15) is 5.56 Å². The van der Waals surface area contributed by atoms with Crippen LogP contribution in [0.15, 0.2) is 42.5 Å². The number of anilines is 2. The molecule has 110 valence electrons. The maximum Gasteiger partial charge on any atom is 0.315 e. The molecule has 0 radical (unpaired) electrons. The third-order valence-electron chi connectivity index (χ3n) is 3.19. The summed E-state index contributed by atoms with van der Waals surface area (Å²) < 4.78 is 13.2. The summed E-state index contributed by atoms with van der Waals surface area (Å²) in [5, 5.41) is 14.1. The van der Waals surface area contributed by atoms with Gasteiger partial charge < -0.3 is 10.2 Å². The molecular formula is C15H16FN3O2. The average Bonchev–Trinajstić information content (AvgIpc) is 2.46. The van der Waals surface area contributed by atoms with Gasteiger partial charge in [-0.3, -0.25) is 10.1 Å². The first-order valence-electron chi connectivity index (χ1n) is 6.43. The van der Waals surface area contributed by atoms with Crippen molar-refractivity contribution in [3.63, 3.8) is 0 Å². The van der Waals surface area contributed by atoms with Gasteiger partial charge in [0.05, 0.1) is 4.92 Å². The molecule has 2 aromatic carbocycles. The van der Waals surface area contributed by atoms with Crippen molar-refractivity contribution in [1.82, 2.24) is 0 Å². The SMILES string of the molecule is CNc1cccc(N(C)Cc2cccc(F)c2)c1[N+](=O)[O-]. The van der Waals surface area contributed by atoms with Crippen molar-refractivity contribution in [3.8, 4) is 0 Å². The molecule has 0 amide bonds. The Morgan fingerprint density at radius 1 is 1.29 bits per heavy atom. The lowest BCUT2D eigenvalue weighted by Crippen LogP contribution is -2.18. The molecule has 0 aliphatic rings. The van der Waals surface area contributed by atoms with E-state index in [-0.39, 0.29) is 11.5 Å². The van der Waals surface area contributed by atoms with Crippen molar-refractivity contribution >= 4 is 17.1 Å². The van der Waals surface area contributed by atoms with Crippen LogP contribution in [0.25, 0.3) is 0 Å². The number of hydrogen-bond acceptors (Lipinski definition) is 4. The first-order valence-corrected chi connectivity index (χ1v) is 6.43. The summed E-state index contributed by atoms with van der Waals surface area (Å²) >= 11 is 0. The highest BCUT2D eigenvalue weighted by Gasteiger charge is 2.21. The second-order valence-corrected chi connectivity index (χ2v) is 4.67. The fourth-order valence-corrected chi connectivity index (χ4v) is 2.23. The largest absolute Gasteiger partial charge is 0.382 e. The molecule has 0 unspecified atom stereocenters. The molecule has 0 spiro atoms. The van der Waals surface area contributed by atoms with Crippen LogP contribution in [0.4, 0.5) is 21.5 Å².